The van der Waals surface area contributed by atoms with Crippen LogP contribution < -0.4 is 19.5 Å². The molecule has 0 spiro atoms. The summed E-state index contributed by atoms with van der Waals surface area (Å²) in [5.41, 5.74) is 2.14. The van der Waals surface area contributed by atoms with Gasteiger partial charge in [0.1, 0.15) is 5.69 Å². The zero-order valence-electron chi connectivity index (χ0n) is 15.4. The van der Waals surface area contributed by atoms with Crippen LogP contribution in [0.15, 0.2) is 55.0 Å². The van der Waals surface area contributed by atoms with Crippen molar-refractivity contribution in [2.45, 2.75) is 6.54 Å². The van der Waals surface area contributed by atoms with E-state index < -0.39 is 0 Å². The van der Waals surface area contributed by atoms with E-state index in [4.69, 9.17) is 14.2 Å². The number of nitrogens with one attached hydrogen (secondary N) is 1. The summed E-state index contributed by atoms with van der Waals surface area (Å²) >= 11 is 0. The number of nitrogens with zero attached hydrogens (tertiary/aromatic N) is 2. The second-order valence-electron chi connectivity index (χ2n) is 5.70. The molecular formula is C20H21N3O4. The highest BCUT2D eigenvalue weighted by Gasteiger charge is 2.16. The lowest BCUT2D eigenvalue weighted by Gasteiger charge is -2.14. The molecule has 0 fully saturated rings. The van der Waals surface area contributed by atoms with Crippen molar-refractivity contribution in [1.29, 1.82) is 0 Å². The van der Waals surface area contributed by atoms with Crippen LogP contribution in [0.3, 0.4) is 0 Å². The third-order valence-electron chi connectivity index (χ3n) is 4.08. The SMILES string of the molecule is COc1cc(CNC(=O)c2cncn2-c2ccccc2)cc(OC)c1OC. The Morgan fingerprint density at radius 2 is 1.70 bits per heavy atom. The number of para-hydroxylation sites is 1. The molecule has 0 aliphatic rings. The normalized spacial score (nSPS) is 10.3. The first-order chi connectivity index (χ1) is 13.2. The van der Waals surface area contributed by atoms with Gasteiger partial charge in [0.15, 0.2) is 11.5 Å². The van der Waals surface area contributed by atoms with E-state index >= 15 is 0 Å². The molecule has 0 aliphatic heterocycles. The zero-order chi connectivity index (χ0) is 19.2. The van der Waals surface area contributed by atoms with Crippen LogP contribution in [0.5, 0.6) is 17.2 Å². The molecule has 0 aliphatic carbocycles. The number of imidazole rings is 1. The van der Waals surface area contributed by atoms with Crippen LogP contribution in [0.1, 0.15) is 16.1 Å². The fourth-order valence-electron chi connectivity index (χ4n) is 2.77. The summed E-state index contributed by atoms with van der Waals surface area (Å²) in [6, 6.07) is 13.2. The van der Waals surface area contributed by atoms with Crippen molar-refractivity contribution >= 4 is 5.91 Å². The molecule has 7 heteroatoms. The van der Waals surface area contributed by atoms with Crippen molar-refractivity contribution in [3.63, 3.8) is 0 Å². The third kappa shape index (κ3) is 3.87. The molecule has 0 saturated carbocycles. The molecule has 3 rings (SSSR count). The molecule has 0 atom stereocenters. The predicted octanol–water partition coefficient (Wildman–Crippen LogP) is 2.83. The summed E-state index contributed by atoms with van der Waals surface area (Å²) in [6.45, 7) is 0.301. The van der Waals surface area contributed by atoms with Gasteiger partial charge in [-0.3, -0.25) is 9.36 Å². The molecule has 1 heterocycles. The smallest absolute Gasteiger partial charge is 0.270 e. The quantitative estimate of drug-likeness (QED) is 0.695. The van der Waals surface area contributed by atoms with Crippen molar-refractivity contribution in [1.82, 2.24) is 14.9 Å². The van der Waals surface area contributed by atoms with Gasteiger partial charge in [-0.05, 0) is 29.8 Å². The Kier molecular flexibility index (Phi) is 5.61. The van der Waals surface area contributed by atoms with Crippen LogP contribution in [0.4, 0.5) is 0 Å². The highest BCUT2D eigenvalue weighted by atomic mass is 16.5. The standard InChI is InChI=1S/C20H21N3O4/c1-25-17-9-14(10-18(26-2)19(17)27-3)11-22-20(24)16-12-21-13-23(16)15-7-5-4-6-8-15/h4-10,12-13H,11H2,1-3H3,(H,22,24). The van der Waals surface area contributed by atoms with Crippen molar-refractivity contribution in [2.24, 2.45) is 0 Å². The molecule has 7 nitrogen and oxygen atoms in total. The first kappa shape index (κ1) is 18.3. The minimum absolute atomic E-state index is 0.231. The van der Waals surface area contributed by atoms with Gasteiger partial charge < -0.3 is 19.5 Å². The largest absolute Gasteiger partial charge is 0.493 e. The summed E-state index contributed by atoms with van der Waals surface area (Å²) < 4.78 is 17.7. The van der Waals surface area contributed by atoms with E-state index in [1.165, 1.54) is 6.20 Å². The van der Waals surface area contributed by atoms with Gasteiger partial charge >= 0.3 is 0 Å². The maximum absolute atomic E-state index is 12.6. The van der Waals surface area contributed by atoms with Crippen LogP contribution in [-0.4, -0.2) is 36.8 Å². The number of methoxy groups -OCH3 is 3. The topological polar surface area (TPSA) is 74.6 Å². The molecule has 2 aromatic carbocycles. The Balaban J connectivity index is 1.78. The first-order valence-corrected chi connectivity index (χ1v) is 8.32. The zero-order valence-corrected chi connectivity index (χ0v) is 15.4. The second-order valence-corrected chi connectivity index (χ2v) is 5.70. The highest BCUT2D eigenvalue weighted by molar-refractivity contribution is 5.93. The number of ether oxygens (including phenoxy) is 3. The van der Waals surface area contributed by atoms with E-state index in [1.54, 1.807) is 44.4 Å². The maximum atomic E-state index is 12.6. The van der Waals surface area contributed by atoms with E-state index in [2.05, 4.69) is 10.3 Å². The minimum Gasteiger partial charge on any atom is -0.493 e. The summed E-state index contributed by atoms with van der Waals surface area (Å²) in [5.74, 6) is 1.35. The number of hydrogen-bond donors (Lipinski definition) is 1. The molecule has 0 radical (unpaired) electrons. The lowest BCUT2D eigenvalue weighted by molar-refractivity contribution is 0.0944. The summed E-state index contributed by atoms with van der Waals surface area (Å²) in [6.07, 6.45) is 3.15. The number of carbonyl (C=O) groups is 1. The fourth-order valence-corrected chi connectivity index (χ4v) is 2.77. The van der Waals surface area contributed by atoms with Crippen LogP contribution in [0.25, 0.3) is 5.69 Å². The van der Waals surface area contributed by atoms with Crippen LogP contribution in [0.2, 0.25) is 0 Å². The molecule has 27 heavy (non-hydrogen) atoms. The fraction of sp³-hybridized carbons (Fsp3) is 0.200. The molecule has 1 aromatic heterocycles. The van der Waals surface area contributed by atoms with Gasteiger partial charge in [0.2, 0.25) is 5.75 Å². The van der Waals surface area contributed by atoms with Crippen LogP contribution >= 0.6 is 0 Å². The Labute approximate surface area is 157 Å². The summed E-state index contributed by atoms with van der Waals surface area (Å²) in [4.78, 5) is 16.7. The first-order valence-electron chi connectivity index (χ1n) is 8.32. The number of benzene rings is 2. The summed E-state index contributed by atoms with van der Waals surface area (Å²) in [7, 11) is 4.66. The Morgan fingerprint density at radius 3 is 2.30 bits per heavy atom. The number of hydrogen-bond acceptors (Lipinski definition) is 5. The molecule has 1 N–H and O–H groups in total. The molecule has 3 aromatic rings. The van der Waals surface area contributed by atoms with E-state index in [0.29, 0.717) is 29.5 Å². The number of rotatable bonds is 7. The van der Waals surface area contributed by atoms with E-state index in [9.17, 15) is 4.79 Å². The van der Waals surface area contributed by atoms with Gasteiger partial charge in [0.25, 0.3) is 5.91 Å². The van der Waals surface area contributed by atoms with Crippen molar-refractivity contribution in [3.05, 3.63) is 66.2 Å². The number of aromatic nitrogens is 2. The molecule has 0 bridgehead atoms. The monoisotopic (exact) mass is 367 g/mol. The highest BCUT2D eigenvalue weighted by Crippen LogP contribution is 2.38. The van der Waals surface area contributed by atoms with Crippen LogP contribution in [-0.2, 0) is 6.54 Å². The maximum Gasteiger partial charge on any atom is 0.270 e. The molecular weight excluding hydrogens is 346 g/mol. The minimum atomic E-state index is -0.231. The average Bonchev–Trinajstić information content (AvgIpc) is 3.21. The summed E-state index contributed by atoms with van der Waals surface area (Å²) in [5, 5.41) is 2.90. The predicted molar refractivity (Wildman–Crippen MR) is 101 cm³/mol. The number of carbonyl (C=O) groups excluding carboxylic acids is 1. The van der Waals surface area contributed by atoms with Crippen molar-refractivity contribution < 1.29 is 19.0 Å². The Bertz CT molecular complexity index is 897. The second kappa shape index (κ2) is 8.27. The van der Waals surface area contributed by atoms with Crippen molar-refractivity contribution in [3.8, 4) is 22.9 Å². The lowest BCUT2D eigenvalue weighted by atomic mass is 10.1. The van der Waals surface area contributed by atoms with E-state index in [0.717, 1.165) is 11.3 Å². The molecule has 0 unspecified atom stereocenters. The van der Waals surface area contributed by atoms with Gasteiger partial charge in [-0.25, -0.2) is 4.98 Å². The molecule has 140 valence electrons. The van der Waals surface area contributed by atoms with Gasteiger partial charge in [-0.2, -0.15) is 0 Å². The Morgan fingerprint density at radius 1 is 1.04 bits per heavy atom. The van der Waals surface area contributed by atoms with Crippen molar-refractivity contribution in [2.75, 3.05) is 21.3 Å². The molecule has 0 saturated heterocycles. The molecule has 1 amide bonds. The van der Waals surface area contributed by atoms with Gasteiger partial charge in [0, 0.05) is 12.2 Å². The van der Waals surface area contributed by atoms with Crippen LogP contribution in [0, 0.1) is 0 Å². The van der Waals surface area contributed by atoms with Gasteiger partial charge in [-0.1, -0.05) is 18.2 Å². The van der Waals surface area contributed by atoms with Gasteiger partial charge in [0.05, 0.1) is 33.9 Å². The third-order valence-corrected chi connectivity index (χ3v) is 4.08. The van der Waals surface area contributed by atoms with E-state index in [-0.39, 0.29) is 5.91 Å². The average molecular weight is 367 g/mol. The Hall–Kier alpha value is -3.48. The van der Waals surface area contributed by atoms with Gasteiger partial charge in [-0.15, -0.1) is 0 Å². The number of amides is 1. The lowest BCUT2D eigenvalue weighted by Crippen LogP contribution is -2.25. The van der Waals surface area contributed by atoms with E-state index in [1.807, 2.05) is 30.3 Å².